The van der Waals surface area contributed by atoms with Crippen molar-refractivity contribution in [2.45, 2.75) is 38.8 Å². The van der Waals surface area contributed by atoms with Gasteiger partial charge in [-0.25, -0.2) is 9.78 Å². The van der Waals surface area contributed by atoms with Crippen molar-refractivity contribution in [1.82, 2.24) is 19.0 Å². The standard InChI is InChI=1S/C19H23F3N4O3/c1-10(2)16(27)26-7-5-11(6-8-26)13-9-12(19(20,21)22)14-15(23-13)24(3)18(29)25(4)17(14)28/h9-11H,5-8H2,1-4H3. The molecule has 0 saturated carbocycles. The highest BCUT2D eigenvalue weighted by Crippen LogP contribution is 2.36. The maximum Gasteiger partial charge on any atom is 0.417 e. The van der Waals surface area contributed by atoms with Gasteiger partial charge in [-0.2, -0.15) is 13.2 Å². The Kier molecular flexibility index (Phi) is 5.31. The van der Waals surface area contributed by atoms with Crippen molar-refractivity contribution in [3.63, 3.8) is 0 Å². The predicted molar refractivity (Wildman–Crippen MR) is 101 cm³/mol. The Balaban J connectivity index is 2.11. The van der Waals surface area contributed by atoms with Gasteiger partial charge in [0.25, 0.3) is 5.56 Å². The Morgan fingerprint density at radius 2 is 1.72 bits per heavy atom. The summed E-state index contributed by atoms with van der Waals surface area (Å²) in [6, 6.07) is 0.915. The molecule has 0 N–H and O–H groups in total. The summed E-state index contributed by atoms with van der Waals surface area (Å²) >= 11 is 0. The van der Waals surface area contributed by atoms with Gasteiger partial charge in [-0.1, -0.05) is 13.8 Å². The lowest BCUT2D eigenvalue weighted by atomic mass is 9.91. The number of carbonyl (C=O) groups is 1. The van der Waals surface area contributed by atoms with Crippen LogP contribution in [0.15, 0.2) is 15.7 Å². The molecule has 1 aliphatic rings. The molecule has 1 amide bonds. The van der Waals surface area contributed by atoms with Gasteiger partial charge >= 0.3 is 11.9 Å². The molecular formula is C19H23F3N4O3. The van der Waals surface area contributed by atoms with Crippen molar-refractivity contribution in [3.8, 4) is 0 Å². The molecule has 10 heteroatoms. The average molecular weight is 412 g/mol. The van der Waals surface area contributed by atoms with E-state index in [-0.39, 0.29) is 29.1 Å². The first-order chi connectivity index (χ1) is 13.4. The molecular weight excluding hydrogens is 389 g/mol. The summed E-state index contributed by atoms with van der Waals surface area (Å²) in [7, 11) is 2.44. The summed E-state index contributed by atoms with van der Waals surface area (Å²) < 4.78 is 42.9. The van der Waals surface area contributed by atoms with Crippen molar-refractivity contribution >= 4 is 16.9 Å². The van der Waals surface area contributed by atoms with E-state index >= 15 is 0 Å². The molecule has 7 nitrogen and oxygen atoms in total. The zero-order chi connectivity index (χ0) is 21.7. The van der Waals surface area contributed by atoms with Crippen LogP contribution in [0.4, 0.5) is 13.2 Å². The Bertz CT molecular complexity index is 1080. The summed E-state index contributed by atoms with van der Waals surface area (Å²) in [6.45, 7) is 4.46. The summed E-state index contributed by atoms with van der Waals surface area (Å²) in [5, 5.41) is -0.613. The first-order valence-electron chi connectivity index (χ1n) is 9.40. The molecule has 3 heterocycles. The number of nitrogens with zero attached hydrogens (tertiary/aromatic N) is 4. The smallest absolute Gasteiger partial charge is 0.342 e. The van der Waals surface area contributed by atoms with E-state index in [2.05, 4.69) is 4.98 Å². The Labute approximate surface area is 164 Å². The number of aromatic nitrogens is 3. The third-order valence-electron chi connectivity index (χ3n) is 5.45. The molecule has 0 bridgehead atoms. The number of amides is 1. The maximum absolute atomic E-state index is 13.7. The van der Waals surface area contributed by atoms with Crippen LogP contribution in [0.2, 0.25) is 0 Å². The van der Waals surface area contributed by atoms with Crippen molar-refractivity contribution in [2.24, 2.45) is 20.0 Å². The number of carbonyl (C=O) groups excluding carboxylic acids is 1. The van der Waals surface area contributed by atoms with E-state index in [0.29, 0.717) is 30.5 Å². The SMILES string of the molecule is CC(C)C(=O)N1CCC(c2cc(C(F)(F)F)c3c(=O)n(C)c(=O)n(C)c3n2)CC1. The molecule has 1 fully saturated rings. The minimum atomic E-state index is -4.77. The second-order valence-corrected chi connectivity index (χ2v) is 7.75. The number of rotatable bonds is 2. The molecule has 2 aromatic rings. The molecule has 3 rings (SSSR count). The molecule has 0 aliphatic carbocycles. The minimum absolute atomic E-state index is 0.0109. The van der Waals surface area contributed by atoms with E-state index in [4.69, 9.17) is 0 Å². The fourth-order valence-electron chi connectivity index (χ4n) is 3.77. The van der Waals surface area contributed by atoms with Crippen LogP contribution in [0, 0.1) is 5.92 Å². The van der Waals surface area contributed by atoms with Crippen molar-refractivity contribution in [1.29, 1.82) is 0 Å². The molecule has 158 valence electrons. The van der Waals surface area contributed by atoms with Gasteiger partial charge in [0, 0.05) is 44.7 Å². The van der Waals surface area contributed by atoms with Crippen LogP contribution in [0.5, 0.6) is 0 Å². The van der Waals surface area contributed by atoms with Crippen LogP contribution >= 0.6 is 0 Å². The summed E-state index contributed by atoms with van der Waals surface area (Å²) in [5.74, 6) is -0.430. The van der Waals surface area contributed by atoms with Crippen LogP contribution in [0.3, 0.4) is 0 Å². The zero-order valence-corrected chi connectivity index (χ0v) is 16.7. The molecule has 0 unspecified atom stereocenters. The lowest BCUT2D eigenvalue weighted by molar-refractivity contribution is -0.136. The van der Waals surface area contributed by atoms with Crippen molar-refractivity contribution < 1.29 is 18.0 Å². The van der Waals surface area contributed by atoms with E-state index in [0.717, 1.165) is 17.7 Å². The Hall–Kier alpha value is -2.65. The molecule has 29 heavy (non-hydrogen) atoms. The lowest BCUT2D eigenvalue weighted by Gasteiger charge is -2.33. The van der Waals surface area contributed by atoms with Crippen molar-refractivity contribution in [3.05, 3.63) is 38.2 Å². The van der Waals surface area contributed by atoms with Crippen molar-refractivity contribution in [2.75, 3.05) is 13.1 Å². The summed E-state index contributed by atoms with van der Waals surface area (Å²) in [4.78, 5) is 42.7. The molecule has 2 aromatic heterocycles. The van der Waals surface area contributed by atoms with Gasteiger partial charge in [-0.15, -0.1) is 0 Å². The monoisotopic (exact) mass is 412 g/mol. The predicted octanol–water partition coefficient (Wildman–Crippen LogP) is 2.01. The molecule has 0 aromatic carbocycles. The summed E-state index contributed by atoms with van der Waals surface area (Å²) in [6.07, 6.45) is -3.84. The number of pyridine rings is 1. The third kappa shape index (κ3) is 3.67. The van der Waals surface area contributed by atoms with Gasteiger partial charge in [-0.3, -0.25) is 18.7 Å². The second-order valence-electron chi connectivity index (χ2n) is 7.75. The van der Waals surface area contributed by atoms with E-state index in [9.17, 15) is 27.6 Å². The van der Waals surface area contributed by atoms with Gasteiger partial charge in [0.15, 0.2) is 0 Å². The van der Waals surface area contributed by atoms with Crippen LogP contribution in [-0.2, 0) is 25.1 Å². The molecule has 1 saturated heterocycles. The van der Waals surface area contributed by atoms with E-state index in [1.165, 1.54) is 7.05 Å². The minimum Gasteiger partial charge on any atom is -0.342 e. The topological polar surface area (TPSA) is 77.2 Å². The number of alkyl halides is 3. The molecule has 1 aliphatic heterocycles. The highest BCUT2D eigenvalue weighted by atomic mass is 19.4. The highest BCUT2D eigenvalue weighted by Gasteiger charge is 2.37. The third-order valence-corrected chi connectivity index (χ3v) is 5.45. The first kappa shape index (κ1) is 21.1. The van der Waals surface area contributed by atoms with Gasteiger partial charge < -0.3 is 4.90 Å². The molecule has 0 radical (unpaired) electrons. The number of hydrogen-bond donors (Lipinski definition) is 0. The quantitative estimate of drug-likeness (QED) is 0.756. The largest absolute Gasteiger partial charge is 0.417 e. The maximum atomic E-state index is 13.7. The van der Waals surface area contributed by atoms with E-state index in [1.807, 2.05) is 0 Å². The van der Waals surface area contributed by atoms with Crippen LogP contribution in [0.1, 0.15) is 43.9 Å². The number of likely N-dealkylation sites (tertiary alicyclic amines) is 1. The van der Waals surface area contributed by atoms with E-state index < -0.39 is 28.4 Å². The van der Waals surface area contributed by atoms with E-state index in [1.54, 1.807) is 18.7 Å². The summed E-state index contributed by atoms with van der Waals surface area (Å²) in [5.41, 5.74) is -2.94. The number of halogens is 3. The average Bonchev–Trinajstić information content (AvgIpc) is 2.68. The van der Waals surface area contributed by atoms with Gasteiger partial charge in [0.05, 0.1) is 10.9 Å². The number of hydrogen-bond acceptors (Lipinski definition) is 4. The number of fused-ring (bicyclic) bond motifs is 1. The molecule has 0 spiro atoms. The van der Waals surface area contributed by atoms with Gasteiger partial charge in [0.1, 0.15) is 5.65 Å². The number of piperidine rings is 1. The Morgan fingerprint density at radius 3 is 2.24 bits per heavy atom. The van der Waals surface area contributed by atoms with Gasteiger partial charge in [0.2, 0.25) is 5.91 Å². The van der Waals surface area contributed by atoms with Crippen LogP contribution in [-0.4, -0.2) is 38.0 Å². The lowest BCUT2D eigenvalue weighted by Crippen LogP contribution is -2.40. The normalized spacial score (nSPS) is 16.1. The fourth-order valence-corrected chi connectivity index (χ4v) is 3.77. The zero-order valence-electron chi connectivity index (χ0n) is 16.7. The Morgan fingerprint density at radius 1 is 1.14 bits per heavy atom. The highest BCUT2D eigenvalue weighted by molar-refractivity contribution is 5.79. The molecule has 0 atom stereocenters. The second kappa shape index (κ2) is 7.31. The number of aryl methyl sites for hydroxylation is 1. The van der Waals surface area contributed by atoms with Crippen LogP contribution in [0.25, 0.3) is 11.0 Å². The van der Waals surface area contributed by atoms with Crippen LogP contribution < -0.4 is 11.2 Å². The van der Waals surface area contributed by atoms with Gasteiger partial charge in [-0.05, 0) is 18.9 Å². The fraction of sp³-hybridized carbons (Fsp3) is 0.579. The first-order valence-corrected chi connectivity index (χ1v) is 9.40.